The summed E-state index contributed by atoms with van der Waals surface area (Å²) >= 11 is -1.61. The third-order valence-electron chi connectivity index (χ3n) is 4.17. The van der Waals surface area contributed by atoms with Crippen LogP contribution in [0.4, 0.5) is 0 Å². The zero-order chi connectivity index (χ0) is 20.3. The van der Waals surface area contributed by atoms with E-state index in [0.29, 0.717) is 46.3 Å². The van der Waals surface area contributed by atoms with Crippen LogP contribution in [0.1, 0.15) is 32.9 Å². The zero-order valence-electron chi connectivity index (χ0n) is 16.4. The highest BCUT2D eigenvalue weighted by Crippen LogP contribution is 2.31. The molecule has 0 unspecified atom stereocenters. The summed E-state index contributed by atoms with van der Waals surface area (Å²) in [5.41, 5.74) is 2.05. The Labute approximate surface area is 165 Å². The number of fused-ring (bicyclic) bond motifs is 1. The lowest BCUT2D eigenvalue weighted by Gasteiger charge is -2.11. The Morgan fingerprint density at radius 3 is 2.68 bits per heavy atom. The van der Waals surface area contributed by atoms with Crippen molar-refractivity contribution in [3.05, 3.63) is 34.2 Å². The fraction of sp³-hybridized carbons (Fsp3) is 0.421. The van der Waals surface area contributed by atoms with E-state index in [4.69, 9.17) is 8.92 Å². The van der Waals surface area contributed by atoms with Gasteiger partial charge in [0.25, 0.3) is 5.56 Å². The lowest BCUT2D eigenvalue weighted by atomic mass is 10.1. The Morgan fingerprint density at radius 1 is 1.21 bits per heavy atom. The Balaban J connectivity index is 2.22. The standard InChI is InChI=1S/C19H24N4O4S/c1-5-8-14-16-17(23(4)22-14)19(24)21-18(20-16)13-11-12(28(25)27-7-3)9-10-15(13)26-6-2/h9-11H,5-8H2,1-4H3,(H,20,21,24)/t28-/m1/s1. The van der Waals surface area contributed by atoms with Crippen molar-refractivity contribution in [2.75, 3.05) is 13.2 Å². The first-order valence-electron chi connectivity index (χ1n) is 9.28. The zero-order valence-corrected chi connectivity index (χ0v) is 17.3. The van der Waals surface area contributed by atoms with Crippen LogP contribution in [-0.4, -0.2) is 37.2 Å². The first-order chi connectivity index (χ1) is 13.5. The molecule has 0 spiro atoms. The average Bonchev–Trinajstić information content (AvgIpc) is 2.99. The average molecular weight is 404 g/mol. The van der Waals surface area contributed by atoms with Gasteiger partial charge in [0.1, 0.15) is 17.1 Å². The van der Waals surface area contributed by atoms with Gasteiger partial charge in [-0.25, -0.2) is 9.19 Å². The monoisotopic (exact) mass is 404 g/mol. The van der Waals surface area contributed by atoms with Crippen LogP contribution in [0.5, 0.6) is 5.75 Å². The van der Waals surface area contributed by atoms with Gasteiger partial charge in [-0.05, 0) is 38.5 Å². The number of aromatic nitrogens is 4. The molecule has 0 aliphatic carbocycles. The second-order valence-corrected chi connectivity index (χ2v) is 7.34. The number of aromatic amines is 1. The highest BCUT2D eigenvalue weighted by atomic mass is 32.2. The summed E-state index contributed by atoms with van der Waals surface area (Å²) < 4.78 is 24.7. The Morgan fingerprint density at radius 2 is 2.00 bits per heavy atom. The van der Waals surface area contributed by atoms with Gasteiger partial charge >= 0.3 is 0 Å². The van der Waals surface area contributed by atoms with Crippen molar-refractivity contribution in [3.8, 4) is 17.1 Å². The molecule has 1 N–H and O–H groups in total. The smallest absolute Gasteiger partial charge is 0.277 e. The number of benzene rings is 1. The van der Waals surface area contributed by atoms with Crippen LogP contribution < -0.4 is 10.3 Å². The molecule has 28 heavy (non-hydrogen) atoms. The van der Waals surface area contributed by atoms with E-state index in [2.05, 4.69) is 15.1 Å². The lowest BCUT2D eigenvalue weighted by Crippen LogP contribution is -2.13. The van der Waals surface area contributed by atoms with E-state index in [9.17, 15) is 9.00 Å². The van der Waals surface area contributed by atoms with E-state index in [1.807, 2.05) is 13.8 Å². The number of hydrogen-bond acceptors (Lipinski definition) is 6. The molecule has 3 aromatic rings. The van der Waals surface area contributed by atoms with E-state index in [-0.39, 0.29) is 5.56 Å². The summed E-state index contributed by atoms with van der Waals surface area (Å²) in [6, 6.07) is 5.08. The van der Waals surface area contributed by atoms with Crippen molar-refractivity contribution in [1.82, 2.24) is 19.7 Å². The van der Waals surface area contributed by atoms with Crippen LogP contribution in [0.3, 0.4) is 0 Å². The van der Waals surface area contributed by atoms with Crippen molar-refractivity contribution < 1.29 is 13.1 Å². The van der Waals surface area contributed by atoms with Gasteiger partial charge in [0.05, 0.1) is 29.4 Å². The normalized spacial score (nSPS) is 12.4. The van der Waals surface area contributed by atoms with E-state index in [0.717, 1.165) is 18.5 Å². The SMILES string of the molecule is CCCc1nn(C)c2c(=O)[nH]c(-c3cc([S@](=O)OCC)ccc3OCC)nc12. The van der Waals surface area contributed by atoms with Crippen LogP contribution in [0.25, 0.3) is 22.4 Å². The third kappa shape index (κ3) is 3.85. The molecular weight excluding hydrogens is 380 g/mol. The number of nitrogens with zero attached hydrogens (tertiary/aromatic N) is 3. The topological polar surface area (TPSA) is 99.1 Å². The van der Waals surface area contributed by atoms with E-state index in [1.165, 1.54) is 0 Å². The van der Waals surface area contributed by atoms with Gasteiger partial charge in [-0.2, -0.15) is 5.10 Å². The van der Waals surface area contributed by atoms with Gasteiger partial charge in [-0.3, -0.25) is 13.7 Å². The maximum atomic E-state index is 12.7. The Hall–Kier alpha value is -2.52. The molecule has 0 aliphatic rings. The van der Waals surface area contributed by atoms with Gasteiger partial charge in [-0.1, -0.05) is 13.3 Å². The van der Waals surface area contributed by atoms with Gasteiger partial charge < -0.3 is 9.72 Å². The molecule has 0 aliphatic heterocycles. The van der Waals surface area contributed by atoms with Gasteiger partial charge in [0, 0.05) is 7.05 Å². The van der Waals surface area contributed by atoms with Gasteiger partial charge in [0.15, 0.2) is 16.6 Å². The second kappa shape index (κ2) is 8.66. The van der Waals surface area contributed by atoms with Crippen LogP contribution in [0, 0.1) is 0 Å². The Kier molecular flexibility index (Phi) is 6.25. The van der Waals surface area contributed by atoms with E-state index >= 15 is 0 Å². The molecule has 0 bridgehead atoms. The number of rotatable bonds is 8. The number of aryl methyl sites for hydroxylation is 2. The fourth-order valence-corrected chi connectivity index (χ4v) is 3.78. The molecule has 9 heteroatoms. The summed E-state index contributed by atoms with van der Waals surface area (Å²) in [5.74, 6) is 0.893. The molecule has 0 fully saturated rings. The molecule has 8 nitrogen and oxygen atoms in total. The number of ether oxygens (including phenoxy) is 1. The van der Waals surface area contributed by atoms with Gasteiger partial charge in [0.2, 0.25) is 0 Å². The van der Waals surface area contributed by atoms with Crippen LogP contribution in [0.2, 0.25) is 0 Å². The molecular formula is C19H24N4O4S. The Bertz CT molecular complexity index is 1070. The molecule has 0 amide bonds. The summed E-state index contributed by atoms with van der Waals surface area (Å²) in [6.45, 7) is 6.47. The van der Waals surface area contributed by atoms with Crippen molar-refractivity contribution in [3.63, 3.8) is 0 Å². The summed E-state index contributed by atoms with van der Waals surface area (Å²) in [5, 5.41) is 4.44. The highest BCUT2D eigenvalue weighted by Gasteiger charge is 2.18. The first kappa shape index (κ1) is 20.2. The minimum atomic E-state index is -1.61. The minimum Gasteiger partial charge on any atom is -0.493 e. The van der Waals surface area contributed by atoms with Crippen molar-refractivity contribution in [2.24, 2.45) is 7.05 Å². The molecule has 3 rings (SSSR count). The van der Waals surface area contributed by atoms with Crippen molar-refractivity contribution in [2.45, 2.75) is 38.5 Å². The van der Waals surface area contributed by atoms with Crippen molar-refractivity contribution >= 4 is 22.1 Å². The second-order valence-electron chi connectivity index (χ2n) is 6.16. The number of H-pyrrole nitrogens is 1. The molecule has 1 aromatic carbocycles. The summed E-state index contributed by atoms with van der Waals surface area (Å²) in [6.07, 6.45) is 1.61. The minimum absolute atomic E-state index is 0.281. The van der Waals surface area contributed by atoms with Crippen molar-refractivity contribution in [1.29, 1.82) is 0 Å². The van der Waals surface area contributed by atoms with E-state index < -0.39 is 11.1 Å². The number of hydrogen-bond donors (Lipinski definition) is 1. The maximum Gasteiger partial charge on any atom is 0.277 e. The van der Waals surface area contributed by atoms with Gasteiger partial charge in [-0.15, -0.1) is 0 Å². The predicted octanol–water partition coefficient (Wildman–Crippen LogP) is 2.73. The fourth-order valence-electron chi connectivity index (χ4n) is 3.03. The van der Waals surface area contributed by atoms with Crippen LogP contribution >= 0.6 is 0 Å². The number of nitrogens with one attached hydrogen (secondary N) is 1. The largest absolute Gasteiger partial charge is 0.493 e. The third-order valence-corrected chi connectivity index (χ3v) is 5.26. The van der Waals surface area contributed by atoms with Crippen LogP contribution in [0.15, 0.2) is 27.9 Å². The lowest BCUT2D eigenvalue weighted by molar-refractivity contribution is 0.341. The molecule has 2 heterocycles. The first-order valence-corrected chi connectivity index (χ1v) is 10.4. The molecule has 0 radical (unpaired) electrons. The van der Waals surface area contributed by atoms with E-state index in [1.54, 1.807) is 36.9 Å². The summed E-state index contributed by atoms with van der Waals surface area (Å²) in [7, 11) is 1.73. The predicted molar refractivity (Wildman–Crippen MR) is 108 cm³/mol. The molecule has 0 saturated heterocycles. The molecule has 1 atom stereocenters. The molecule has 150 valence electrons. The maximum absolute atomic E-state index is 12.7. The van der Waals surface area contributed by atoms with Crippen LogP contribution in [-0.2, 0) is 28.7 Å². The molecule has 0 saturated carbocycles. The molecule has 2 aromatic heterocycles. The highest BCUT2D eigenvalue weighted by molar-refractivity contribution is 7.80. The quantitative estimate of drug-likeness (QED) is 0.620. The summed E-state index contributed by atoms with van der Waals surface area (Å²) in [4.78, 5) is 20.7.